The maximum atomic E-state index is 11.2. The van der Waals surface area contributed by atoms with Gasteiger partial charge in [0.15, 0.2) is 5.60 Å². The SMILES string of the molecule is C[C@]1(O)C[C@H](c2ccccc2)OC1=O. The highest BCUT2D eigenvalue weighted by Gasteiger charge is 2.44. The number of cyclic esters (lactones) is 1. The lowest BCUT2D eigenvalue weighted by molar-refractivity contribution is -0.153. The van der Waals surface area contributed by atoms with Gasteiger partial charge in [-0.2, -0.15) is 0 Å². The van der Waals surface area contributed by atoms with Crippen molar-refractivity contribution in [2.75, 3.05) is 0 Å². The fourth-order valence-electron chi connectivity index (χ4n) is 1.60. The van der Waals surface area contributed by atoms with E-state index in [-0.39, 0.29) is 6.10 Å². The summed E-state index contributed by atoms with van der Waals surface area (Å²) < 4.78 is 5.07. The average Bonchev–Trinajstić information content (AvgIpc) is 2.43. The highest BCUT2D eigenvalue weighted by molar-refractivity contribution is 5.81. The molecule has 1 N–H and O–H groups in total. The number of esters is 1. The second-order valence-electron chi connectivity index (χ2n) is 3.78. The van der Waals surface area contributed by atoms with E-state index < -0.39 is 11.6 Å². The Labute approximate surface area is 82.3 Å². The normalized spacial score (nSPS) is 31.6. The van der Waals surface area contributed by atoms with Crippen LogP contribution in [0.2, 0.25) is 0 Å². The van der Waals surface area contributed by atoms with Crippen molar-refractivity contribution in [2.45, 2.75) is 25.0 Å². The van der Waals surface area contributed by atoms with Crippen LogP contribution < -0.4 is 0 Å². The largest absolute Gasteiger partial charge is 0.455 e. The molecule has 1 aromatic rings. The van der Waals surface area contributed by atoms with Crippen molar-refractivity contribution in [1.82, 2.24) is 0 Å². The molecule has 3 heteroatoms. The topological polar surface area (TPSA) is 46.5 Å². The highest BCUT2D eigenvalue weighted by Crippen LogP contribution is 2.35. The summed E-state index contributed by atoms with van der Waals surface area (Å²) in [5, 5.41) is 9.62. The van der Waals surface area contributed by atoms with E-state index in [0.29, 0.717) is 6.42 Å². The third-order valence-electron chi connectivity index (χ3n) is 2.44. The van der Waals surface area contributed by atoms with Gasteiger partial charge in [-0.25, -0.2) is 4.79 Å². The molecule has 1 aliphatic heterocycles. The van der Waals surface area contributed by atoms with Crippen LogP contribution in [-0.4, -0.2) is 16.7 Å². The molecule has 0 bridgehead atoms. The van der Waals surface area contributed by atoms with Gasteiger partial charge in [-0.1, -0.05) is 30.3 Å². The number of carbonyl (C=O) groups excluding carboxylic acids is 1. The van der Waals surface area contributed by atoms with Gasteiger partial charge in [0, 0.05) is 6.42 Å². The van der Waals surface area contributed by atoms with Gasteiger partial charge in [0.05, 0.1) is 0 Å². The van der Waals surface area contributed by atoms with Crippen LogP contribution in [0.4, 0.5) is 0 Å². The Morgan fingerprint density at radius 3 is 2.57 bits per heavy atom. The highest BCUT2D eigenvalue weighted by atomic mass is 16.6. The number of aliphatic hydroxyl groups is 1. The standard InChI is InChI=1S/C11H12O3/c1-11(13)7-9(14-10(11)12)8-5-3-2-4-6-8/h2-6,9,13H,7H2,1H3/t9-,11+/m1/s1. The molecular formula is C11H12O3. The van der Waals surface area contributed by atoms with Crippen molar-refractivity contribution in [3.05, 3.63) is 35.9 Å². The molecule has 0 radical (unpaired) electrons. The first-order valence-corrected chi connectivity index (χ1v) is 4.58. The third kappa shape index (κ3) is 1.51. The Morgan fingerprint density at radius 2 is 2.07 bits per heavy atom. The monoisotopic (exact) mass is 192 g/mol. The van der Waals surface area contributed by atoms with Crippen LogP contribution in [0.3, 0.4) is 0 Å². The molecule has 3 nitrogen and oxygen atoms in total. The summed E-state index contributed by atoms with van der Waals surface area (Å²) >= 11 is 0. The van der Waals surface area contributed by atoms with Gasteiger partial charge in [-0.3, -0.25) is 0 Å². The molecule has 0 spiro atoms. The Kier molecular flexibility index (Phi) is 2.04. The number of ether oxygens (including phenoxy) is 1. The summed E-state index contributed by atoms with van der Waals surface area (Å²) in [5.74, 6) is -0.536. The van der Waals surface area contributed by atoms with E-state index in [4.69, 9.17) is 4.74 Å². The first-order chi connectivity index (χ1) is 6.59. The molecule has 1 saturated heterocycles. The van der Waals surface area contributed by atoms with Gasteiger partial charge in [-0.15, -0.1) is 0 Å². The fourth-order valence-corrected chi connectivity index (χ4v) is 1.60. The molecule has 0 aromatic heterocycles. The predicted octanol–water partition coefficient (Wildman–Crippen LogP) is 1.43. The molecule has 1 aliphatic rings. The summed E-state index contributed by atoms with van der Waals surface area (Å²) in [5.41, 5.74) is -0.404. The van der Waals surface area contributed by atoms with E-state index in [1.165, 1.54) is 6.92 Å². The lowest BCUT2D eigenvalue weighted by atomic mass is 9.98. The minimum absolute atomic E-state index is 0.307. The molecule has 0 amide bonds. The van der Waals surface area contributed by atoms with Gasteiger partial charge >= 0.3 is 5.97 Å². The van der Waals surface area contributed by atoms with Crippen LogP contribution in [0.5, 0.6) is 0 Å². The van der Waals surface area contributed by atoms with E-state index in [2.05, 4.69) is 0 Å². The van der Waals surface area contributed by atoms with Crippen molar-refractivity contribution in [3.63, 3.8) is 0 Å². The molecule has 74 valence electrons. The summed E-state index contributed by atoms with van der Waals surface area (Å²) in [7, 11) is 0. The average molecular weight is 192 g/mol. The first-order valence-electron chi connectivity index (χ1n) is 4.58. The molecule has 0 aliphatic carbocycles. The van der Waals surface area contributed by atoms with Crippen LogP contribution in [0.1, 0.15) is 25.0 Å². The van der Waals surface area contributed by atoms with Crippen LogP contribution in [0, 0.1) is 0 Å². The predicted molar refractivity (Wildman–Crippen MR) is 50.5 cm³/mol. The van der Waals surface area contributed by atoms with Crippen LogP contribution in [-0.2, 0) is 9.53 Å². The van der Waals surface area contributed by atoms with E-state index in [1.54, 1.807) is 0 Å². The summed E-state index contributed by atoms with van der Waals surface area (Å²) in [4.78, 5) is 11.2. The van der Waals surface area contributed by atoms with Crippen molar-refractivity contribution < 1.29 is 14.6 Å². The maximum absolute atomic E-state index is 11.2. The minimum atomic E-state index is -1.33. The number of benzene rings is 1. The number of hydrogen-bond acceptors (Lipinski definition) is 3. The molecule has 14 heavy (non-hydrogen) atoms. The summed E-state index contributed by atoms with van der Waals surface area (Å²) in [6.07, 6.45) is 0.0225. The van der Waals surface area contributed by atoms with Gasteiger partial charge in [0.2, 0.25) is 0 Å². The lowest BCUT2D eigenvalue weighted by Crippen LogP contribution is -2.29. The van der Waals surface area contributed by atoms with E-state index in [1.807, 2.05) is 30.3 Å². The van der Waals surface area contributed by atoms with Gasteiger partial charge in [-0.05, 0) is 12.5 Å². The number of carbonyl (C=O) groups is 1. The number of hydrogen-bond donors (Lipinski definition) is 1. The molecule has 1 fully saturated rings. The quantitative estimate of drug-likeness (QED) is 0.684. The Bertz CT molecular complexity index is 343. The van der Waals surface area contributed by atoms with Gasteiger partial charge in [0.25, 0.3) is 0 Å². The zero-order valence-electron chi connectivity index (χ0n) is 7.93. The smallest absolute Gasteiger partial charge is 0.338 e. The van der Waals surface area contributed by atoms with Crippen molar-refractivity contribution in [1.29, 1.82) is 0 Å². The van der Waals surface area contributed by atoms with E-state index in [9.17, 15) is 9.90 Å². The third-order valence-corrected chi connectivity index (χ3v) is 2.44. The second kappa shape index (κ2) is 3.10. The summed E-state index contributed by atoms with van der Waals surface area (Å²) in [6, 6.07) is 9.45. The Balaban J connectivity index is 2.21. The lowest BCUT2D eigenvalue weighted by Gasteiger charge is -2.09. The molecule has 2 rings (SSSR count). The van der Waals surface area contributed by atoms with E-state index in [0.717, 1.165) is 5.56 Å². The second-order valence-corrected chi connectivity index (χ2v) is 3.78. The van der Waals surface area contributed by atoms with Crippen molar-refractivity contribution in [3.8, 4) is 0 Å². The zero-order chi connectivity index (χ0) is 10.2. The zero-order valence-corrected chi connectivity index (χ0v) is 7.93. The first kappa shape index (κ1) is 9.21. The van der Waals surface area contributed by atoms with Crippen LogP contribution in [0.25, 0.3) is 0 Å². The van der Waals surface area contributed by atoms with Crippen LogP contribution in [0.15, 0.2) is 30.3 Å². The number of rotatable bonds is 1. The molecule has 0 unspecified atom stereocenters. The molecule has 1 heterocycles. The van der Waals surface area contributed by atoms with Gasteiger partial charge < -0.3 is 9.84 Å². The fraction of sp³-hybridized carbons (Fsp3) is 0.364. The minimum Gasteiger partial charge on any atom is -0.455 e. The molecule has 0 saturated carbocycles. The maximum Gasteiger partial charge on any atom is 0.338 e. The van der Waals surface area contributed by atoms with Gasteiger partial charge in [0.1, 0.15) is 6.10 Å². The molecule has 2 atom stereocenters. The summed E-state index contributed by atoms with van der Waals surface area (Å²) in [6.45, 7) is 1.48. The molecular weight excluding hydrogens is 180 g/mol. The molecule has 1 aromatic carbocycles. The van der Waals surface area contributed by atoms with Crippen LogP contribution >= 0.6 is 0 Å². The van der Waals surface area contributed by atoms with Crippen molar-refractivity contribution >= 4 is 5.97 Å². The Morgan fingerprint density at radius 1 is 1.43 bits per heavy atom. The van der Waals surface area contributed by atoms with E-state index >= 15 is 0 Å². The Hall–Kier alpha value is -1.35. The van der Waals surface area contributed by atoms with Crippen molar-refractivity contribution in [2.24, 2.45) is 0 Å².